The first kappa shape index (κ1) is 22.6. The topological polar surface area (TPSA) is 113 Å². The zero-order valence-corrected chi connectivity index (χ0v) is 18.7. The molecule has 1 aliphatic carbocycles. The van der Waals surface area contributed by atoms with Crippen LogP contribution in [0.3, 0.4) is 0 Å². The first-order valence-corrected chi connectivity index (χ1v) is 10.2. The van der Waals surface area contributed by atoms with Crippen LogP contribution in [-0.4, -0.2) is 36.9 Å². The number of ether oxygens (including phenoxy) is 2. The highest BCUT2D eigenvalue weighted by molar-refractivity contribution is 9.10. The standard InChI is InChI=1S/C22H20BrNO7/c1-4-21(18(25)14-5-9-15(23)10-6-14)17(13-7-11-16(12-8-13)24(28)29)22(21,19(26)30-2)20(27)31-3/h5-12,17H,4H2,1-3H3/t17-,21+/m0/s1. The normalized spacial score (nSPS) is 21.1. The minimum atomic E-state index is -1.90. The van der Waals surface area contributed by atoms with E-state index in [1.165, 1.54) is 24.3 Å². The Labute approximate surface area is 186 Å². The lowest BCUT2D eigenvalue weighted by atomic mass is 9.83. The highest BCUT2D eigenvalue weighted by atomic mass is 79.9. The Morgan fingerprint density at radius 3 is 1.94 bits per heavy atom. The molecule has 3 rings (SSSR count). The molecule has 31 heavy (non-hydrogen) atoms. The van der Waals surface area contributed by atoms with Crippen LogP contribution in [0.25, 0.3) is 0 Å². The maximum absolute atomic E-state index is 13.7. The fourth-order valence-electron chi connectivity index (χ4n) is 4.68. The Balaban J connectivity index is 2.24. The second-order valence-electron chi connectivity index (χ2n) is 7.23. The van der Waals surface area contributed by atoms with Crippen molar-refractivity contribution in [3.8, 4) is 0 Å². The molecule has 0 aliphatic heterocycles. The van der Waals surface area contributed by atoms with Crippen LogP contribution in [0.1, 0.15) is 35.2 Å². The molecule has 2 atom stereocenters. The van der Waals surface area contributed by atoms with Gasteiger partial charge in [0.2, 0.25) is 0 Å². The van der Waals surface area contributed by atoms with Gasteiger partial charge in [0, 0.05) is 28.1 Å². The molecule has 0 saturated heterocycles. The summed E-state index contributed by atoms with van der Waals surface area (Å²) in [6, 6.07) is 12.1. The van der Waals surface area contributed by atoms with Crippen molar-refractivity contribution >= 4 is 39.3 Å². The molecular formula is C22H20BrNO7. The second kappa shape index (κ2) is 8.22. The van der Waals surface area contributed by atoms with E-state index >= 15 is 0 Å². The van der Waals surface area contributed by atoms with Crippen LogP contribution in [0.5, 0.6) is 0 Å². The number of hydrogen-bond donors (Lipinski definition) is 0. The number of nitro groups is 1. The number of methoxy groups -OCH3 is 2. The molecule has 1 saturated carbocycles. The van der Waals surface area contributed by atoms with Crippen LogP contribution in [0, 0.1) is 20.9 Å². The maximum Gasteiger partial charge on any atom is 0.324 e. The number of rotatable bonds is 7. The van der Waals surface area contributed by atoms with Crippen molar-refractivity contribution in [2.75, 3.05) is 14.2 Å². The summed E-state index contributed by atoms with van der Waals surface area (Å²) in [6.07, 6.45) is 0.147. The number of carbonyl (C=O) groups is 3. The van der Waals surface area contributed by atoms with Crippen LogP contribution in [0.4, 0.5) is 5.69 Å². The van der Waals surface area contributed by atoms with E-state index in [4.69, 9.17) is 9.47 Å². The van der Waals surface area contributed by atoms with E-state index < -0.39 is 39.4 Å². The molecule has 162 valence electrons. The Morgan fingerprint density at radius 1 is 1.00 bits per heavy atom. The maximum atomic E-state index is 13.7. The number of ketones is 1. The van der Waals surface area contributed by atoms with Crippen LogP contribution in [-0.2, 0) is 19.1 Å². The van der Waals surface area contributed by atoms with Gasteiger partial charge in [-0.05, 0) is 24.1 Å². The Bertz CT molecular complexity index is 1030. The zero-order valence-electron chi connectivity index (χ0n) is 17.1. The molecular weight excluding hydrogens is 470 g/mol. The van der Waals surface area contributed by atoms with E-state index in [1.54, 1.807) is 31.2 Å². The van der Waals surface area contributed by atoms with Crippen molar-refractivity contribution in [3.63, 3.8) is 0 Å². The third kappa shape index (κ3) is 3.15. The van der Waals surface area contributed by atoms with Crippen LogP contribution in [0.2, 0.25) is 0 Å². The second-order valence-corrected chi connectivity index (χ2v) is 8.15. The summed E-state index contributed by atoms with van der Waals surface area (Å²) < 4.78 is 10.7. The zero-order chi connectivity index (χ0) is 23.0. The molecule has 1 aliphatic rings. The molecule has 0 spiro atoms. The summed E-state index contributed by atoms with van der Waals surface area (Å²) in [6.45, 7) is 1.71. The van der Waals surface area contributed by atoms with Gasteiger partial charge in [-0.2, -0.15) is 0 Å². The van der Waals surface area contributed by atoms with Crippen molar-refractivity contribution in [1.82, 2.24) is 0 Å². The molecule has 9 heteroatoms. The highest BCUT2D eigenvalue weighted by Crippen LogP contribution is 2.77. The third-order valence-electron chi connectivity index (χ3n) is 6.07. The van der Waals surface area contributed by atoms with E-state index in [-0.39, 0.29) is 12.1 Å². The highest BCUT2D eigenvalue weighted by Gasteiger charge is 2.88. The summed E-state index contributed by atoms with van der Waals surface area (Å²) in [5.74, 6) is -3.06. The molecule has 0 aromatic heterocycles. The number of esters is 2. The van der Waals surface area contributed by atoms with Gasteiger partial charge >= 0.3 is 11.9 Å². The smallest absolute Gasteiger partial charge is 0.324 e. The largest absolute Gasteiger partial charge is 0.468 e. The van der Waals surface area contributed by atoms with Gasteiger partial charge < -0.3 is 9.47 Å². The summed E-state index contributed by atoms with van der Waals surface area (Å²) in [5, 5.41) is 11.0. The van der Waals surface area contributed by atoms with Crippen molar-refractivity contribution < 1.29 is 28.8 Å². The van der Waals surface area contributed by atoms with Gasteiger partial charge in [-0.3, -0.25) is 24.5 Å². The molecule has 1 fully saturated rings. The average molecular weight is 490 g/mol. The molecule has 2 aromatic rings. The van der Waals surface area contributed by atoms with Gasteiger partial charge in [-0.1, -0.05) is 47.1 Å². The lowest BCUT2D eigenvalue weighted by molar-refractivity contribution is -0.384. The van der Waals surface area contributed by atoms with Crippen LogP contribution in [0.15, 0.2) is 53.0 Å². The minimum absolute atomic E-state index is 0.146. The fourth-order valence-corrected chi connectivity index (χ4v) is 4.94. The SMILES string of the molecule is CC[C@]1(C(=O)c2ccc(Br)cc2)[C@H](c2ccc([N+](=O)[O-])cc2)C1(C(=O)OC)C(=O)OC. The molecule has 0 radical (unpaired) electrons. The van der Waals surface area contributed by atoms with Gasteiger partial charge in [0.05, 0.1) is 24.6 Å². The summed E-state index contributed by atoms with van der Waals surface area (Å²) in [4.78, 5) is 50.3. The molecule has 0 bridgehead atoms. The Hall–Kier alpha value is -3.07. The monoisotopic (exact) mass is 489 g/mol. The van der Waals surface area contributed by atoms with E-state index in [2.05, 4.69) is 15.9 Å². The first-order valence-electron chi connectivity index (χ1n) is 9.43. The molecule has 0 heterocycles. The molecule has 2 aromatic carbocycles. The summed E-state index contributed by atoms with van der Waals surface area (Å²) >= 11 is 3.32. The number of carbonyl (C=O) groups excluding carboxylic acids is 3. The number of nitro benzene ring substituents is 1. The van der Waals surface area contributed by atoms with Crippen LogP contribution >= 0.6 is 15.9 Å². The number of nitrogens with zero attached hydrogens (tertiary/aromatic N) is 1. The van der Waals surface area contributed by atoms with Gasteiger partial charge in [0.1, 0.15) is 0 Å². The summed E-state index contributed by atoms with van der Waals surface area (Å²) in [5.41, 5.74) is -2.74. The number of hydrogen-bond acceptors (Lipinski definition) is 7. The van der Waals surface area contributed by atoms with Crippen molar-refractivity contribution in [2.45, 2.75) is 19.3 Å². The van der Waals surface area contributed by atoms with Crippen molar-refractivity contribution in [2.24, 2.45) is 10.8 Å². The number of Topliss-reactive ketones (excluding diaryl/α,β-unsaturated/α-hetero) is 1. The quantitative estimate of drug-likeness (QED) is 0.189. The Morgan fingerprint density at radius 2 is 1.52 bits per heavy atom. The molecule has 0 unspecified atom stereocenters. The lowest BCUT2D eigenvalue weighted by Crippen LogP contribution is -2.37. The van der Waals surface area contributed by atoms with E-state index in [9.17, 15) is 24.5 Å². The Kier molecular flexibility index (Phi) is 6.00. The number of non-ortho nitro benzene ring substituents is 1. The number of benzene rings is 2. The molecule has 0 N–H and O–H groups in total. The third-order valence-corrected chi connectivity index (χ3v) is 6.60. The minimum Gasteiger partial charge on any atom is -0.468 e. The fraction of sp³-hybridized carbons (Fsp3) is 0.318. The van der Waals surface area contributed by atoms with Gasteiger partial charge in [0.25, 0.3) is 5.69 Å². The van der Waals surface area contributed by atoms with E-state index in [0.29, 0.717) is 11.1 Å². The summed E-state index contributed by atoms with van der Waals surface area (Å²) in [7, 11) is 2.28. The lowest BCUT2D eigenvalue weighted by Gasteiger charge is -2.20. The van der Waals surface area contributed by atoms with Gasteiger partial charge in [0.15, 0.2) is 11.2 Å². The van der Waals surface area contributed by atoms with Gasteiger partial charge in [-0.25, -0.2) is 0 Å². The predicted molar refractivity (Wildman–Crippen MR) is 113 cm³/mol. The average Bonchev–Trinajstić information content (AvgIpc) is 3.43. The van der Waals surface area contributed by atoms with E-state index in [1.807, 2.05) is 0 Å². The van der Waals surface area contributed by atoms with Crippen molar-refractivity contribution in [3.05, 3.63) is 74.2 Å². The predicted octanol–water partition coefficient (Wildman–Crippen LogP) is 4.07. The first-order chi connectivity index (χ1) is 14.7. The number of halogens is 1. The molecule has 0 amide bonds. The van der Waals surface area contributed by atoms with Crippen molar-refractivity contribution in [1.29, 1.82) is 0 Å². The van der Waals surface area contributed by atoms with Gasteiger partial charge in [-0.15, -0.1) is 0 Å². The van der Waals surface area contributed by atoms with Crippen LogP contribution < -0.4 is 0 Å². The molecule has 8 nitrogen and oxygen atoms in total. The van der Waals surface area contributed by atoms with E-state index in [0.717, 1.165) is 18.7 Å².